The Labute approximate surface area is 192 Å². The first kappa shape index (κ1) is 22.7. The molecule has 0 radical (unpaired) electrons. The summed E-state index contributed by atoms with van der Waals surface area (Å²) >= 11 is 0. The highest BCUT2D eigenvalue weighted by molar-refractivity contribution is 7.89. The second kappa shape index (κ2) is 9.55. The number of para-hydroxylation sites is 1. The Kier molecular flexibility index (Phi) is 6.57. The van der Waals surface area contributed by atoms with Crippen molar-refractivity contribution in [2.45, 2.75) is 18.4 Å². The van der Waals surface area contributed by atoms with Crippen LogP contribution in [0.25, 0.3) is 5.69 Å². The van der Waals surface area contributed by atoms with Crippen LogP contribution in [0, 0.1) is 0 Å². The summed E-state index contributed by atoms with van der Waals surface area (Å²) < 4.78 is 34.4. The lowest BCUT2D eigenvalue weighted by Crippen LogP contribution is -2.49. The summed E-state index contributed by atoms with van der Waals surface area (Å²) in [7, 11) is -3.79. The van der Waals surface area contributed by atoms with Crippen LogP contribution in [0.2, 0.25) is 0 Å². The van der Waals surface area contributed by atoms with Crippen molar-refractivity contribution in [3.05, 3.63) is 78.1 Å². The Morgan fingerprint density at radius 3 is 2.42 bits per heavy atom. The highest BCUT2D eigenvalue weighted by Crippen LogP contribution is 2.20. The van der Waals surface area contributed by atoms with Gasteiger partial charge in [0.25, 0.3) is 0 Å². The summed E-state index contributed by atoms with van der Waals surface area (Å²) in [5.41, 5.74) is 1.74. The molecule has 0 aliphatic carbocycles. The highest BCUT2D eigenvalue weighted by atomic mass is 32.2. The first-order valence-corrected chi connectivity index (χ1v) is 11.9. The van der Waals surface area contributed by atoms with Gasteiger partial charge in [-0.1, -0.05) is 24.3 Å². The minimum Gasteiger partial charge on any atom is -0.457 e. The number of benzene rings is 2. The van der Waals surface area contributed by atoms with E-state index >= 15 is 0 Å². The topological polar surface area (TPSA) is 102 Å². The molecule has 0 spiro atoms. The fraction of sp³-hybridized carbons (Fsp3) is 0.261. The molecule has 0 bridgehead atoms. The first-order valence-electron chi connectivity index (χ1n) is 10.5. The molecule has 9 nitrogen and oxygen atoms in total. The third-order valence-corrected chi connectivity index (χ3v) is 7.31. The summed E-state index contributed by atoms with van der Waals surface area (Å²) in [4.78, 5) is 25.7. The van der Waals surface area contributed by atoms with Crippen LogP contribution in [-0.4, -0.2) is 65.5 Å². The molecule has 1 aliphatic heterocycles. The first-order chi connectivity index (χ1) is 15.8. The Bertz CT molecular complexity index is 1250. The molecule has 2 aromatic carbocycles. The van der Waals surface area contributed by atoms with Gasteiger partial charge in [-0.05, 0) is 30.3 Å². The van der Waals surface area contributed by atoms with E-state index in [1.165, 1.54) is 35.5 Å². The largest absolute Gasteiger partial charge is 0.457 e. The van der Waals surface area contributed by atoms with Gasteiger partial charge < -0.3 is 9.64 Å². The van der Waals surface area contributed by atoms with E-state index in [1.807, 2.05) is 30.3 Å². The van der Waals surface area contributed by atoms with Gasteiger partial charge in [-0.3, -0.25) is 4.79 Å². The lowest BCUT2D eigenvalue weighted by atomic mass is 10.2. The zero-order chi connectivity index (χ0) is 23.4. The van der Waals surface area contributed by atoms with Crippen LogP contribution in [0.3, 0.4) is 0 Å². The molecular formula is C23H24N4O5S. The molecule has 0 N–H and O–H groups in total. The van der Waals surface area contributed by atoms with Gasteiger partial charge in [0.05, 0.1) is 22.3 Å². The number of rotatable bonds is 6. The maximum atomic E-state index is 13.0. The number of piperazine rings is 1. The van der Waals surface area contributed by atoms with Gasteiger partial charge in [0, 0.05) is 44.9 Å². The van der Waals surface area contributed by atoms with Crippen molar-refractivity contribution in [3.63, 3.8) is 0 Å². The molecule has 1 aromatic heterocycles. The second-order valence-electron chi connectivity index (χ2n) is 7.64. The summed E-state index contributed by atoms with van der Waals surface area (Å²) in [6, 6.07) is 15.3. The number of carbonyl (C=O) groups excluding carboxylic acids is 2. The molecule has 4 rings (SSSR count). The van der Waals surface area contributed by atoms with Crippen molar-refractivity contribution >= 4 is 21.9 Å². The molecule has 2 heterocycles. The Balaban J connectivity index is 1.41. The third-order valence-electron chi connectivity index (χ3n) is 5.42. The summed E-state index contributed by atoms with van der Waals surface area (Å²) in [5.74, 6) is -0.702. The maximum absolute atomic E-state index is 13.0. The predicted octanol–water partition coefficient (Wildman–Crippen LogP) is 2.08. The number of sulfonamides is 1. The number of carbonyl (C=O) groups is 2. The fourth-order valence-corrected chi connectivity index (χ4v) is 5.03. The predicted molar refractivity (Wildman–Crippen MR) is 120 cm³/mol. The Morgan fingerprint density at radius 1 is 1.00 bits per heavy atom. The third kappa shape index (κ3) is 5.12. The van der Waals surface area contributed by atoms with E-state index in [0.717, 1.165) is 5.69 Å². The number of esters is 1. The van der Waals surface area contributed by atoms with E-state index in [1.54, 1.807) is 22.0 Å². The Hall–Kier alpha value is -3.50. The maximum Gasteiger partial charge on any atom is 0.338 e. The van der Waals surface area contributed by atoms with Crippen LogP contribution in [0.4, 0.5) is 0 Å². The summed E-state index contributed by atoms with van der Waals surface area (Å²) in [6.45, 7) is 2.57. The molecule has 1 fully saturated rings. The molecule has 0 saturated carbocycles. The van der Waals surface area contributed by atoms with Crippen molar-refractivity contribution in [3.8, 4) is 5.69 Å². The van der Waals surface area contributed by atoms with Gasteiger partial charge in [-0.15, -0.1) is 0 Å². The normalized spacial score (nSPS) is 14.8. The Morgan fingerprint density at radius 2 is 1.73 bits per heavy atom. The van der Waals surface area contributed by atoms with E-state index in [4.69, 9.17) is 4.74 Å². The minimum absolute atomic E-state index is 0.00957. The zero-order valence-corrected chi connectivity index (χ0v) is 18.9. The minimum atomic E-state index is -3.79. The van der Waals surface area contributed by atoms with Crippen molar-refractivity contribution in [2.24, 2.45) is 0 Å². The van der Waals surface area contributed by atoms with Crippen LogP contribution >= 0.6 is 0 Å². The van der Waals surface area contributed by atoms with Crippen LogP contribution in [-0.2, 0) is 26.2 Å². The van der Waals surface area contributed by atoms with Gasteiger partial charge in [-0.25, -0.2) is 17.9 Å². The molecule has 1 saturated heterocycles. The summed E-state index contributed by atoms with van der Waals surface area (Å²) in [5, 5.41) is 4.27. The molecule has 3 aromatic rings. The van der Waals surface area contributed by atoms with E-state index in [2.05, 4.69) is 5.10 Å². The van der Waals surface area contributed by atoms with Gasteiger partial charge >= 0.3 is 5.97 Å². The van der Waals surface area contributed by atoms with Crippen LogP contribution in [0.5, 0.6) is 0 Å². The lowest BCUT2D eigenvalue weighted by Gasteiger charge is -2.33. The smallest absolute Gasteiger partial charge is 0.338 e. The zero-order valence-electron chi connectivity index (χ0n) is 18.1. The van der Waals surface area contributed by atoms with E-state index in [9.17, 15) is 18.0 Å². The van der Waals surface area contributed by atoms with Crippen molar-refractivity contribution in [1.29, 1.82) is 0 Å². The molecule has 0 unspecified atom stereocenters. The lowest BCUT2D eigenvalue weighted by molar-refractivity contribution is -0.129. The quantitative estimate of drug-likeness (QED) is 0.514. The second-order valence-corrected chi connectivity index (χ2v) is 9.58. The monoisotopic (exact) mass is 468 g/mol. The van der Waals surface area contributed by atoms with E-state index in [0.29, 0.717) is 18.7 Å². The number of hydrogen-bond acceptors (Lipinski definition) is 6. The number of hydrogen-bond donors (Lipinski definition) is 0. The van der Waals surface area contributed by atoms with Crippen LogP contribution in [0.1, 0.15) is 22.8 Å². The molecule has 33 heavy (non-hydrogen) atoms. The van der Waals surface area contributed by atoms with E-state index < -0.39 is 16.0 Å². The number of aromatic nitrogens is 2. The molecule has 1 amide bonds. The van der Waals surface area contributed by atoms with Gasteiger partial charge in [0.1, 0.15) is 6.61 Å². The van der Waals surface area contributed by atoms with Gasteiger partial charge in [-0.2, -0.15) is 9.40 Å². The average Bonchev–Trinajstić information content (AvgIpc) is 3.32. The summed E-state index contributed by atoms with van der Waals surface area (Å²) in [6.07, 6.45) is 3.38. The fourth-order valence-electron chi connectivity index (χ4n) is 3.56. The van der Waals surface area contributed by atoms with Crippen LogP contribution in [0.15, 0.2) is 71.9 Å². The number of ether oxygens (including phenoxy) is 1. The average molecular weight is 469 g/mol. The van der Waals surface area contributed by atoms with Crippen molar-refractivity contribution in [2.75, 3.05) is 26.2 Å². The molecular weight excluding hydrogens is 444 g/mol. The van der Waals surface area contributed by atoms with Crippen molar-refractivity contribution in [1.82, 2.24) is 19.0 Å². The highest BCUT2D eigenvalue weighted by Gasteiger charge is 2.29. The molecule has 1 aliphatic rings. The SMILES string of the molecule is CC(=O)N1CCN(S(=O)(=O)c2cccc(C(=O)OCc3cnn(-c4ccccc4)c3)c2)CC1. The van der Waals surface area contributed by atoms with E-state index in [-0.39, 0.29) is 36.1 Å². The van der Waals surface area contributed by atoms with Gasteiger partial charge in [0.2, 0.25) is 15.9 Å². The number of amides is 1. The molecule has 10 heteroatoms. The molecule has 0 atom stereocenters. The number of nitrogens with zero attached hydrogens (tertiary/aromatic N) is 4. The molecule has 172 valence electrons. The van der Waals surface area contributed by atoms with Crippen LogP contribution < -0.4 is 0 Å². The van der Waals surface area contributed by atoms with Gasteiger partial charge in [0.15, 0.2) is 0 Å². The van der Waals surface area contributed by atoms with Crippen molar-refractivity contribution < 1.29 is 22.7 Å². The standard InChI is InChI=1S/C23H24N4O5S/c1-18(28)25-10-12-26(13-11-25)33(30,31)22-9-5-6-20(14-22)23(29)32-17-19-15-24-27(16-19)21-7-3-2-4-8-21/h2-9,14-16H,10-13,17H2,1H3.